The Hall–Kier alpha value is -0.860. The fourth-order valence-electron chi connectivity index (χ4n) is 2.02. The molecule has 0 atom stereocenters. The van der Waals surface area contributed by atoms with Gasteiger partial charge in [-0.1, -0.05) is 0 Å². The molecule has 0 saturated heterocycles. The molecule has 0 aliphatic heterocycles. The second-order valence-corrected chi connectivity index (χ2v) is 7.64. The van der Waals surface area contributed by atoms with Gasteiger partial charge in [-0.15, -0.1) is 0 Å². The second-order valence-electron chi connectivity index (χ2n) is 4.72. The van der Waals surface area contributed by atoms with Gasteiger partial charge in [0.2, 0.25) is 0 Å². The van der Waals surface area contributed by atoms with Crippen molar-refractivity contribution in [3.8, 4) is 0 Å². The summed E-state index contributed by atoms with van der Waals surface area (Å²) in [4.78, 5) is 2.20. The van der Waals surface area contributed by atoms with Gasteiger partial charge >= 0.3 is 0 Å². The number of sulfone groups is 1. The van der Waals surface area contributed by atoms with Gasteiger partial charge in [0.25, 0.3) is 0 Å². The Morgan fingerprint density at radius 1 is 1.45 bits per heavy atom. The van der Waals surface area contributed by atoms with Crippen molar-refractivity contribution in [1.82, 2.24) is 4.37 Å². The first-order chi connectivity index (χ1) is 9.52. The number of nitrogen functional groups attached to an aromatic ring is 1. The fourth-order valence-corrected chi connectivity index (χ4v) is 5.14. The van der Waals surface area contributed by atoms with Gasteiger partial charge in [-0.2, -0.15) is 4.37 Å². The highest BCUT2D eigenvalue weighted by Crippen LogP contribution is 2.42. The molecule has 1 fully saturated rings. The van der Waals surface area contributed by atoms with Crippen LogP contribution in [-0.2, 0) is 14.6 Å². The number of hydrogen-bond donors (Lipinski definition) is 1. The van der Waals surface area contributed by atoms with E-state index in [-0.39, 0.29) is 16.0 Å². The van der Waals surface area contributed by atoms with E-state index in [2.05, 4.69) is 4.37 Å². The number of nitrogens with two attached hydrogens (primary N) is 1. The van der Waals surface area contributed by atoms with Crippen molar-refractivity contribution < 1.29 is 13.2 Å². The first-order valence-electron chi connectivity index (χ1n) is 6.84. The largest absolute Gasteiger partial charge is 0.382 e. The van der Waals surface area contributed by atoms with Gasteiger partial charge in [-0.3, -0.25) is 0 Å². The van der Waals surface area contributed by atoms with E-state index < -0.39 is 9.84 Å². The van der Waals surface area contributed by atoms with Crippen LogP contribution < -0.4 is 10.6 Å². The first-order valence-corrected chi connectivity index (χ1v) is 9.16. The lowest BCUT2D eigenvalue weighted by Crippen LogP contribution is -2.28. The Morgan fingerprint density at radius 2 is 2.15 bits per heavy atom. The lowest BCUT2D eigenvalue weighted by molar-refractivity contribution is 0.154. The molecule has 0 aromatic carbocycles. The minimum Gasteiger partial charge on any atom is -0.382 e. The highest BCUT2D eigenvalue weighted by molar-refractivity contribution is 7.92. The zero-order valence-electron chi connectivity index (χ0n) is 11.8. The van der Waals surface area contributed by atoms with Crippen LogP contribution in [0.3, 0.4) is 0 Å². The maximum atomic E-state index is 12.5. The molecule has 0 amide bonds. The zero-order chi connectivity index (χ0) is 14.8. The summed E-state index contributed by atoms with van der Waals surface area (Å²) >= 11 is 1.16. The molecule has 0 radical (unpaired) electrons. The van der Waals surface area contributed by atoms with E-state index in [4.69, 9.17) is 10.5 Å². The molecule has 1 aromatic rings. The smallest absolute Gasteiger partial charge is 0.187 e. The third-order valence-electron chi connectivity index (χ3n) is 3.28. The van der Waals surface area contributed by atoms with Gasteiger partial charge in [0, 0.05) is 19.7 Å². The molecule has 0 bridgehead atoms. The molecule has 114 valence electrons. The third-order valence-corrected chi connectivity index (χ3v) is 6.66. The van der Waals surface area contributed by atoms with Crippen molar-refractivity contribution in [3.63, 3.8) is 0 Å². The molecule has 0 spiro atoms. The van der Waals surface area contributed by atoms with Crippen LogP contribution in [-0.4, -0.2) is 44.3 Å². The number of ether oxygens (including phenoxy) is 1. The molecule has 0 unspecified atom stereocenters. The van der Waals surface area contributed by atoms with E-state index in [1.54, 1.807) is 0 Å². The van der Waals surface area contributed by atoms with E-state index in [0.29, 0.717) is 31.3 Å². The quantitative estimate of drug-likeness (QED) is 0.731. The highest BCUT2D eigenvalue weighted by Gasteiger charge is 2.41. The standard InChI is InChI=1S/C12H21N3O3S2/c1-3-15(7-8-18-4-2)12-10(11(13)14-19-12)20(16,17)9-5-6-9/h9H,3-8H2,1-2H3,(H2,13,14). The summed E-state index contributed by atoms with van der Waals surface area (Å²) < 4.78 is 34.3. The van der Waals surface area contributed by atoms with Gasteiger partial charge in [0.1, 0.15) is 9.90 Å². The highest BCUT2D eigenvalue weighted by atomic mass is 32.2. The minimum atomic E-state index is -3.33. The number of anilines is 2. The lowest BCUT2D eigenvalue weighted by atomic mass is 10.4. The van der Waals surface area contributed by atoms with Crippen molar-refractivity contribution in [2.75, 3.05) is 36.9 Å². The van der Waals surface area contributed by atoms with Crippen molar-refractivity contribution in [1.29, 1.82) is 0 Å². The second kappa shape index (κ2) is 6.28. The Balaban J connectivity index is 2.27. The van der Waals surface area contributed by atoms with Crippen LogP contribution >= 0.6 is 11.5 Å². The van der Waals surface area contributed by atoms with E-state index in [1.165, 1.54) is 0 Å². The predicted molar refractivity (Wildman–Crippen MR) is 81.1 cm³/mol. The monoisotopic (exact) mass is 319 g/mol. The Labute approximate surface area is 124 Å². The van der Waals surface area contributed by atoms with Crippen molar-refractivity contribution in [2.24, 2.45) is 0 Å². The Kier molecular flexibility index (Phi) is 4.87. The summed E-state index contributed by atoms with van der Waals surface area (Å²) in [7, 11) is -3.33. The van der Waals surface area contributed by atoms with Crippen LogP contribution in [0.25, 0.3) is 0 Å². The normalized spacial score (nSPS) is 15.5. The Morgan fingerprint density at radius 3 is 2.70 bits per heavy atom. The molecule has 1 aliphatic rings. The molecule has 2 rings (SSSR count). The summed E-state index contributed by atoms with van der Waals surface area (Å²) in [6.07, 6.45) is 1.45. The van der Waals surface area contributed by atoms with E-state index in [1.807, 2.05) is 18.7 Å². The SMILES string of the molecule is CCOCCN(CC)c1snc(N)c1S(=O)(=O)C1CC1. The summed E-state index contributed by atoms with van der Waals surface area (Å²) in [6, 6.07) is 0. The van der Waals surface area contributed by atoms with Crippen molar-refractivity contribution in [2.45, 2.75) is 36.8 Å². The number of likely N-dealkylation sites (N-methyl/N-ethyl adjacent to an activating group) is 1. The van der Waals surface area contributed by atoms with E-state index in [0.717, 1.165) is 24.4 Å². The number of hydrogen-bond acceptors (Lipinski definition) is 7. The van der Waals surface area contributed by atoms with Gasteiger partial charge in [-0.05, 0) is 38.2 Å². The first kappa shape index (κ1) is 15.5. The van der Waals surface area contributed by atoms with E-state index >= 15 is 0 Å². The van der Waals surface area contributed by atoms with Crippen LogP contribution in [0.15, 0.2) is 4.90 Å². The topological polar surface area (TPSA) is 85.5 Å². The molecule has 8 heteroatoms. The molecule has 6 nitrogen and oxygen atoms in total. The van der Waals surface area contributed by atoms with Crippen LogP contribution in [0, 0.1) is 0 Å². The predicted octanol–water partition coefficient (Wildman–Crippen LogP) is 1.52. The number of aromatic nitrogens is 1. The average Bonchev–Trinajstić information content (AvgIpc) is 3.19. The van der Waals surface area contributed by atoms with E-state index in [9.17, 15) is 8.42 Å². The maximum Gasteiger partial charge on any atom is 0.187 e. The third kappa shape index (κ3) is 3.07. The van der Waals surface area contributed by atoms with Gasteiger partial charge in [0.15, 0.2) is 15.7 Å². The molecule has 1 heterocycles. The average molecular weight is 319 g/mol. The van der Waals surface area contributed by atoms with Crippen LogP contribution in [0.4, 0.5) is 10.8 Å². The molecule has 2 N–H and O–H groups in total. The van der Waals surface area contributed by atoms with Gasteiger partial charge < -0.3 is 15.4 Å². The summed E-state index contributed by atoms with van der Waals surface area (Å²) in [5, 5.41) is 0.377. The Bertz CT molecular complexity index is 552. The molecule has 1 aromatic heterocycles. The van der Waals surface area contributed by atoms with Gasteiger partial charge in [-0.25, -0.2) is 8.42 Å². The fraction of sp³-hybridized carbons (Fsp3) is 0.750. The van der Waals surface area contributed by atoms with Crippen molar-refractivity contribution >= 4 is 32.2 Å². The van der Waals surface area contributed by atoms with Crippen LogP contribution in [0.5, 0.6) is 0 Å². The number of rotatable bonds is 8. The van der Waals surface area contributed by atoms with Crippen LogP contribution in [0.2, 0.25) is 0 Å². The van der Waals surface area contributed by atoms with Crippen molar-refractivity contribution in [3.05, 3.63) is 0 Å². The molecule has 1 aliphatic carbocycles. The summed E-state index contributed by atoms with van der Waals surface area (Å²) in [5.41, 5.74) is 5.80. The summed E-state index contributed by atoms with van der Waals surface area (Å²) in [6.45, 7) is 6.46. The number of nitrogens with zero attached hydrogens (tertiary/aromatic N) is 2. The molecule has 20 heavy (non-hydrogen) atoms. The zero-order valence-corrected chi connectivity index (χ0v) is 13.5. The molecule has 1 saturated carbocycles. The van der Waals surface area contributed by atoms with Crippen LogP contribution in [0.1, 0.15) is 26.7 Å². The van der Waals surface area contributed by atoms with Gasteiger partial charge in [0.05, 0.1) is 11.9 Å². The molecular weight excluding hydrogens is 298 g/mol. The maximum absolute atomic E-state index is 12.5. The minimum absolute atomic E-state index is 0.131. The lowest BCUT2D eigenvalue weighted by Gasteiger charge is -2.22. The summed E-state index contributed by atoms with van der Waals surface area (Å²) in [5.74, 6) is 0.131. The molecular formula is C12H21N3O3S2.